The van der Waals surface area contributed by atoms with Gasteiger partial charge in [-0.15, -0.1) is 0 Å². The highest BCUT2D eigenvalue weighted by molar-refractivity contribution is 5.88. The van der Waals surface area contributed by atoms with Crippen LogP contribution in [-0.2, 0) is 17.9 Å². The van der Waals surface area contributed by atoms with Crippen LogP contribution < -0.4 is 10.6 Å². The molecule has 2 N–H and O–H groups in total. The highest BCUT2D eigenvalue weighted by atomic mass is 16.2. The normalized spacial score (nSPS) is 27.1. The molecule has 3 aliphatic rings. The standard InChI is InChI=1S/C24H36N4O2/c1-17-12-18(2)15-27(14-17)16-20-7-5-19(6-8-20)13-25-24(30)28-11-3-4-22(28)23(29)26-21-9-10-21/h5-8,17-18,21-22H,3-4,9-16H2,1-2H3,(H,25,30)(H,26,29). The number of urea groups is 1. The molecular formula is C24H36N4O2. The van der Waals surface area contributed by atoms with Gasteiger partial charge in [-0.1, -0.05) is 38.1 Å². The van der Waals surface area contributed by atoms with Crippen LogP contribution in [0.4, 0.5) is 4.79 Å². The molecule has 3 unspecified atom stereocenters. The van der Waals surface area contributed by atoms with E-state index in [1.165, 1.54) is 25.1 Å². The lowest BCUT2D eigenvalue weighted by Gasteiger charge is -2.35. The summed E-state index contributed by atoms with van der Waals surface area (Å²) < 4.78 is 0. The summed E-state index contributed by atoms with van der Waals surface area (Å²) >= 11 is 0. The second-order valence-electron chi connectivity index (χ2n) is 9.75. The minimum Gasteiger partial charge on any atom is -0.352 e. The van der Waals surface area contributed by atoms with E-state index < -0.39 is 0 Å². The highest BCUT2D eigenvalue weighted by Gasteiger charge is 2.36. The van der Waals surface area contributed by atoms with Gasteiger partial charge >= 0.3 is 6.03 Å². The summed E-state index contributed by atoms with van der Waals surface area (Å²) in [5.74, 6) is 1.55. The van der Waals surface area contributed by atoms with Crippen molar-refractivity contribution >= 4 is 11.9 Å². The third-order valence-corrected chi connectivity index (χ3v) is 6.56. The fraction of sp³-hybridized carbons (Fsp3) is 0.667. The predicted octanol–water partition coefficient (Wildman–Crippen LogP) is 3.12. The Morgan fingerprint density at radius 1 is 1.00 bits per heavy atom. The number of piperidine rings is 1. The Kier molecular flexibility index (Phi) is 6.61. The first-order valence-electron chi connectivity index (χ1n) is 11.6. The molecule has 1 aromatic rings. The number of hydrogen-bond acceptors (Lipinski definition) is 3. The van der Waals surface area contributed by atoms with Gasteiger partial charge in [0.2, 0.25) is 5.91 Å². The molecule has 1 aliphatic carbocycles. The second kappa shape index (κ2) is 9.38. The monoisotopic (exact) mass is 412 g/mol. The summed E-state index contributed by atoms with van der Waals surface area (Å²) in [6, 6.07) is 8.44. The number of nitrogens with one attached hydrogen (secondary N) is 2. The summed E-state index contributed by atoms with van der Waals surface area (Å²) in [5, 5.41) is 6.04. The minimum absolute atomic E-state index is 0.0100. The number of carbonyl (C=O) groups is 2. The molecule has 0 spiro atoms. The fourth-order valence-corrected chi connectivity index (χ4v) is 5.03. The zero-order valence-corrected chi connectivity index (χ0v) is 18.4. The Hall–Kier alpha value is -2.08. The summed E-state index contributed by atoms with van der Waals surface area (Å²) in [7, 11) is 0. The number of rotatable bonds is 6. The average molecular weight is 413 g/mol. The molecule has 0 radical (unpaired) electrons. The first-order valence-corrected chi connectivity index (χ1v) is 11.6. The zero-order chi connectivity index (χ0) is 21.1. The van der Waals surface area contributed by atoms with Gasteiger partial charge in [-0.05, 0) is 55.1 Å². The Balaban J connectivity index is 1.25. The van der Waals surface area contributed by atoms with Crippen molar-refractivity contribution in [1.29, 1.82) is 0 Å². The molecule has 0 bridgehead atoms. The van der Waals surface area contributed by atoms with Crippen LogP contribution >= 0.6 is 0 Å². The molecule has 164 valence electrons. The lowest BCUT2D eigenvalue weighted by Crippen LogP contribution is -2.49. The van der Waals surface area contributed by atoms with Gasteiger partial charge in [0.25, 0.3) is 0 Å². The third-order valence-electron chi connectivity index (χ3n) is 6.56. The van der Waals surface area contributed by atoms with Crippen molar-refractivity contribution in [3.63, 3.8) is 0 Å². The Morgan fingerprint density at radius 3 is 2.33 bits per heavy atom. The lowest BCUT2D eigenvalue weighted by atomic mass is 9.91. The molecule has 0 aromatic heterocycles. The van der Waals surface area contributed by atoms with Crippen molar-refractivity contribution in [3.8, 4) is 0 Å². The fourth-order valence-electron chi connectivity index (χ4n) is 5.03. The van der Waals surface area contributed by atoms with Crippen LogP contribution in [0.2, 0.25) is 0 Å². The Bertz CT molecular complexity index is 736. The molecule has 6 heteroatoms. The highest BCUT2D eigenvalue weighted by Crippen LogP contribution is 2.23. The van der Waals surface area contributed by atoms with E-state index in [-0.39, 0.29) is 18.0 Å². The molecule has 4 rings (SSSR count). The molecule has 30 heavy (non-hydrogen) atoms. The number of likely N-dealkylation sites (tertiary alicyclic amines) is 2. The topological polar surface area (TPSA) is 64.7 Å². The van der Waals surface area contributed by atoms with E-state index in [4.69, 9.17) is 0 Å². The molecule has 3 atom stereocenters. The predicted molar refractivity (Wildman–Crippen MR) is 118 cm³/mol. The van der Waals surface area contributed by atoms with Gasteiger partial charge in [0.15, 0.2) is 0 Å². The van der Waals surface area contributed by atoms with Crippen molar-refractivity contribution < 1.29 is 9.59 Å². The quantitative estimate of drug-likeness (QED) is 0.755. The van der Waals surface area contributed by atoms with Gasteiger partial charge in [-0.25, -0.2) is 4.79 Å². The smallest absolute Gasteiger partial charge is 0.318 e. The summed E-state index contributed by atoms with van der Waals surface area (Å²) in [6.45, 7) is 9.17. The Labute approximate surface area is 180 Å². The largest absolute Gasteiger partial charge is 0.352 e. The van der Waals surface area contributed by atoms with Crippen LogP contribution in [0.1, 0.15) is 57.1 Å². The van der Waals surface area contributed by atoms with Crippen LogP contribution in [0.5, 0.6) is 0 Å². The Morgan fingerprint density at radius 2 is 1.67 bits per heavy atom. The minimum atomic E-state index is -0.317. The van der Waals surface area contributed by atoms with E-state index in [9.17, 15) is 9.59 Å². The molecule has 2 aliphatic heterocycles. The van der Waals surface area contributed by atoms with Gasteiger partial charge in [0, 0.05) is 38.8 Å². The molecule has 6 nitrogen and oxygen atoms in total. The third kappa shape index (κ3) is 5.54. The molecule has 2 saturated heterocycles. The maximum absolute atomic E-state index is 12.7. The summed E-state index contributed by atoms with van der Waals surface area (Å²) in [4.78, 5) is 29.3. The van der Waals surface area contributed by atoms with E-state index in [1.807, 2.05) is 0 Å². The van der Waals surface area contributed by atoms with Gasteiger partial charge < -0.3 is 15.5 Å². The molecule has 3 fully saturated rings. The van der Waals surface area contributed by atoms with Crippen LogP contribution in [-0.4, -0.2) is 53.5 Å². The van der Waals surface area contributed by atoms with E-state index >= 15 is 0 Å². The summed E-state index contributed by atoms with van der Waals surface area (Å²) in [5.41, 5.74) is 2.41. The molecule has 3 amide bonds. The number of benzene rings is 1. The maximum Gasteiger partial charge on any atom is 0.318 e. The van der Waals surface area contributed by atoms with Crippen molar-refractivity contribution in [2.75, 3.05) is 19.6 Å². The lowest BCUT2D eigenvalue weighted by molar-refractivity contribution is -0.124. The van der Waals surface area contributed by atoms with Crippen molar-refractivity contribution in [3.05, 3.63) is 35.4 Å². The van der Waals surface area contributed by atoms with Crippen LogP contribution in [0.15, 0.2) is 24.3 Å². The van der Waals surface area contributed by atoms with E-state index in [1.54, 1.807) is 4.90 Å². The maximum atomic E-state index is 12.7. The molecular weight excluding hydrogens is 376 g/mol. The van der Waals surface area contributed by atoms with E-state index in [0.717, 1.165) is 49.6 Å². The zero-order valence-electron chi connectivity index (χ0n) is 18.4. The van der Waals surface area contributed by atoms with Crippen LogP contribution in [0.3, 0.4) is 0 Å². The van der Waals surface area contributed by atoms with Crippen molar-refractivity contribution in [2.45, 2.75) is 71.1 Å². The second-order valence-corrected chi connectivity index (χ2v) is 9.75. The SMILES string of the molecule is CC1CC(C)CN(Cc2ccc(CNC(=O)N3CCCC3C(=O)NC3CC3)cc2)C1. The van der Waals surface area contributed by atoms with Crippen LogP contribution in [0.25, 0.3) is 0 Å². The van der Waals surface area contributed by atoms with Crippen LogP contribution in [0, 0.1) is 11.8 Å². The molecule has 1 saturated carbocycles. The van der Waals surface area contributed by atoms with E-state index in [2.05, 4.69) is 53.6 Å². The average Bonchev–Trinajstić information content (AvgIpc) is 3.37. The van der Waals surface area contributed by atoms with Gasteiger partial charge in [0.05, 0.1) is 0 Å². The van der Waals surface area contributed by atoms with Crippen molar-refractivity contribution in [1.82, 2.24) is 20.4 Å². The van der Waals surface area contributed by atoms with Gasteiger partial charge in [-0.2, -0.15) is 0 Å². The molecule has 1 aromatic carbocycles. The number of amides is 3. The van der Waals surface area contributed by atoms with E-state index in [0.29, 0.717) is 19.1 Å². The number of nitrogens with zero attached hydrogens (tertiary/aromatic N) is 2. The van der Waals surface area contributed by atoms with Gasteiger partial charge in [0.1, 0.15) is 6.04 Å². The first-order chi connectivity index (χ1) is 14.5. The van der Waals surface area contributed by atoms with Gasteiger partial charge in [-0.3, -0.25) is 9.69 Å². The first kappa shape index (κ1) is 21.2. The molecule has 2 heterocycles. The summed E-state index contributed by atoms with van der Waals surface area (Å²) in [6.07, 6.45) is 5.11. The number of hydrogen-bond donors (Lipinski definition) is 2. The number of carbonyl (C=O) groups excluding carboxylic acids is 2. The van der Waals surface area contributed by atoms with Crippen molar-refractivity contribution in [2.24, 2.45) is 11.8 Å².